The van der Waals surface area contributed by atoms with Crippen LogP contribution in [0.4, 0.5) is 0 Å². The van der Waals surface area contributed by atoms with E-state index in [-0.39, 0.29) is 24.0 Å². The second-order valence-corrected chi connectivity index (χ2v) is 6.67. The van der Waals surface area contributed by atoms with Crippen molar-refractivity contribution in [1.82, 2.24) is 30.4 Å². The van der Waals surface area contributed by atoms with E-state index in [0.29, 0.717) is 12.4 Å². The molecule has 2 aromatic heterocycles. The zero-order valence-electron chi connectivity index (χ0n) is 16.6. The first-order chi connectivity index (χ1) is 13.3. The van der Waals surface area contributed by atoms with Crippen LogP contribution in [0.3, 0.4) is 0 Å². The van der Waals surface area contributed by atoms with E-state index in [2.05, 4.69) is 49.2 Å². The number of guanidine groups is 1. The van der Waals surface area contributed by atoms with E-state index in [0.717, 1.165) is 55.9 Å². The van der Waals surface area contributed by atoms with Gasteiger partial charge in [-0.05, 0) is 37.3 Å². The molecule has 2 heterocycles. The zero-order valence-corrected chi connectivity index (χ0v) is 18.9. The monoisotopic (exact) mass is 499 g/mol. The molecule has 154 valence electrons. The molecule has 8 nitrogen and oxygen atoms in total. The molecule has 2 N–H and O–H groups in total. The second kappa shape index (κ2) is 11.8. The van der Waals surface area contributed by atoms with Crippen molar-refractivity contribution in [3.63, 3.8) is 0 Å². The number of nitrogens with one attached hydrogen (secondary N) is 2. The molecule has 0 spiro atoms. The number of aryl methyl sites for hydroxylation is 1. The number of pyridine rings is 1. The predicted molar refractivity (Wildman–Crippen MR) is 120 cm³/mol. The molecule has 0 bridgehead atoms. The smallest absolute Gasteiger partial charge is 0.213 e. The Kier molecular flexibility index (Phi) is 9.45. The molecule has 9 heteroatoms. The molecule has 1 saturated carbocycles. The van der Waals surface area contributed by atoms with Crippen molar-refractivity contribution < 1.29 is 4.74 Å². The van der Waals surface area contributed by atoms with Gasteiger partial charge < -0.3 is 19.9 Å². The number of ether oxygens (including phenoxy) is 1. The Bertz CT molecular complexity index is 745. The van der Waals surface area contributed by atoms with Gasteiger partial charge in [0.2, 0.25) is 5.88 Å². The highest BCUT2D eigenvalue weighted by Gasteiger charge is 2.22. The molecule has 1 aliphatic rings. The molecule has 0 amide bonds. The molecule has 0 radical (unpaired) electrons. The maximum absolute atomic E-state index is 5.75. The van der Waals surface area contributed by atoms with Crippen molar-refractivity contribution in [3.05, 3.63) is 36.0 Å². The number of aromatic nitrogens is 4. The Morgan fingerprint density at radius 1 is 1.32 bits per heavy atom. The van der Waals surface area contributed by atoms with Crippen molar-refractivity contribution in [1.29, 1.82) is 0 Å². The van der Waals surface area contributed by atoms with Crippen LogP contribution in [0.2, 0.25) is 0 Å². The highest BCUT2D eigenvalue weighted by Crippen LogP contribution is 2.29. The minimum Gasteiger partial charge on any atom is -0.477 e. The van der Waals surface area contributed by atoms with Crippen molar-refractivity contribution in [2.24, 2.45) is 10.9 Å². The van der Waals surface area contributed by atoms with Gasteiger partial charge in [0.1, 0.15) is 12.2 Å². The number of hydrogen-bond acceptors (Lipinski definition) is 5. The van der Waals surface area contributed by atoms with Gasteiger partial charge in [-0.2, -0.15) is 0 Å². The van der Waals surface area contributed by atoms with Crippen molar-refractivity contribution in [2.75, 3.05) is 19.7 Å². The maximum atomic E-state index is 5.75. The van der Waals surface area contributed by atoms with Crippen molar-refractivity contribution in [2.45, 2.75) is 46.2 Å². The fourth-order valence-corrected chi connectivity index (χ4v) is 2.66. The molecule has 1 aliphatic carbocycles. The molecule has 0 atom stereocenters. The van der Waals surface area contributed by atoms with Gasteiger partial charge in [-0.25, -0.2) is 9.98 Å². The van der Waals surface area contributed by atoms with Gasteiger partial charge in [0.05, 0.1) is 13.2 Å². The third-order valence-corrected chi connectivity index (χ3v) is 4.38. The van der Waals surface area contributed by atoms with E-state index < -0.39 is 0 Å². The van der Waals surface area contributed by atoms with E-state index in [9.17, 15) is 0 Å². The molecular formula is C19H30IN7O. The van der Waals surface area contributed by atoms with Gasteiger partial charge in [-0.15, -0.1) is 34.2 Å². The topological polar surface area (TPSA) is 89.3 Å². The van der Waals surface area contributed by atoms with Crippen LogP contribution in [-0.2, 0) is 19.5 Å². The summed E-state index contributed by atoms with van der Waals surface area (Å²) >= 11 is 0. The SMILES string of the molecule is CCNC(=NCc1ccnc(OCC2CC2)c1)NCCn1cnnc1CC.I. The lowest BCUT2D eigenvalue weighted by atomic mass is 10.3. The first-order valence-electron chi connectivity index (χ1n) is 9.75. The van der Waals surface area contributed by atoms with Crippen LogP contribution in [0.1, 0.15) is 38.1 Å². The lowest BCUT2D eigenvalue weighted by molar-refractivity contribution is 0.288. The van der Waals surface area contributed by atoms with Crippen LogP contribution in [0.15, 0.2) is 29.6 Å². The van der Waals surface area contributed by atoms with Crippen molar-refractivity contribution >= 4 is 29.9 Å². The second-order valence-electron chi connectivity index (χ2n) is 6.67. The predicted octanol–water partition coefficient (Wildman–Crippen LogP) is 2.40. The summed E-state index contributed by atoms with van der Waals surface area (Å²) in [5.41, 5.74) is 1.08. The minimum absolute atomic E-state index is 0. The summed E-state index contributed by atoms with van der Waals surface area (Å²) < 4.78 is 7.81. The first kappa shape index (κ1) is 22.4. The number of rotatable bonds is 10. The van der Waals surface area contributed by atoms with E-state index in [4.69, 9.17) is 4.74 Å². The Morgan fingerprint density at radius 2 is 2.18 bits per heavy atom. The first-order valence-corrected chi connectivity index (χ1v) is 9.75. The van der Waals surface area contributed by atoms with Gasteiger partial charge in [0, 0.05) is 38.3 Å². The fraction of sp³-hybridized carbons (Fsp3) is 0.579. The van der Waals surface area contributed by atoms with Crippen LogP contribution in [0.25, 0.3) is 0 Å². The van der Waals surface area contributed by atoms with E-state index in [1.54, 1.807) is 12.5 Å². The largest absolute Gasteiger partial charge is 0.477 e. The van der Waals surface area contributed by atoms with Gasteiger partial charge >= 0.3 is 0 Å². The Labute approximate surface area is 183 Å². The Morgan fingerprint density at radius 3 is 2.93 bits per heavy atom. The average molecular weight is 499 g/mol. The van der Waals surface area contributed by atoms with Crippen LogP contribution in [-0.4, -0.2) is 45.4 Å². The molecule has 3 rings (SSSR count). The summed E-state index contributed by atoms with van der Waals surface area (Å²) in [6.45, 7) is 7.85. The summed E-state index contributed by atoms with van der Waals surface area (Å²) in [7, 11) is 0. The molecular weight excluding hydrogens is 469 g/mol. The van der Waals surface area contributed by atoms with E-state index in [1.165, 1.54) is 12.8 Å². The quantitative estimate of drug-likeness (QED) is 0.297. The Hall–Kier alpha value is -1.91. The number of aliphatic imine (C=N–C) groups is 1. The summed E-state index contributed by atoms with van der Waals surface area (Å²) in [6, 6.07) is 3.95. The van der Waals surface area contributed by atoms with E-state index in [1.807, 2.05) is 12.1 Å². The Balaban J connectivity index is 0.00000280. The minimum atomic E-state index is 0. The third kappa shape index (κ3) is 7.25. The highest BCUT2D eigenvalue weighted by molar-refractivity contribution is 14.0. The zero-order chi connectivity index (χ0) is 18.9. The summed E-state index contributed by atoms with van der Waals surface area (Å²) in [4.78, 5) is 8.94. The molecule has 1 fully saturated rings. The lowest BCUT2D eigenvalue weighted by Gasteiger charge is -2.12. The molecule has 0 saturated heterocycles. The van der Waals surface area contributed by atoms with E-state index >= 15 is 0 Å². The summed E-state index contributed by atoms with van der Waals surface area (Å²) in [5.74, 6) is 3.19. The molecule has 0 aromatic carbocycles. The maximum Gasteiger partial charge on any atom is 0.213 e. The number of halogens is 1. The van der Waals surface area contributed by atoms with Gasteiger partial charge in [0.25, 0.3) is 0 Å². The van der Waals surface area contributed by atoms with Gasteiger partial charge in [-0.1, -0.05) is 6.92 Å². The summed E-state index contributed by atoms with van der Waals surface area (Å²) in [5, 5.41) is 14.7. The lowest BCUT2D eigenvalue weighted by Crippen LogP contribution is -2.38. The van der Waals surface area contributed by atoms with Crippen LogP contribution >= 0.6 is 24.0 Å². The molecule has 0 aliphatic heterocycles. The van der Waals surface area contributed by atoms with Gasteiger partial charge in [0.15, 0.2) is 5.96 Å². The van der Waals surface area contributed by atoms with Crippen molar-refractivity contribution in [3.8, 4) is 5.88 Å². The molecule has 28 heavy (non-hydrogen) atoms. The van der Waals surface area contributed by atoms with Crippen LogP contribution < -0.4 is 15.4 Å². The summed E-state index contributed by atoms with van der Waals surface area (Å²) in [6.07, 6.45) is 6.98. The molecule has 0 unspecified atom stereocenters. The number of nitrogens with zero attached hydrogens (tertiary/aromatic N) is 5. The van der Waals surface area contributed by atoms with Gasteiger partial charge in [-0.3, -0.25) is 0 Å². The fourth-order valence-electron chi connectivity index (χ4n) is 2.66. The molecule has 2 aromatic rings. The normalized spacial score (nSPS) is 13.7. The number of hydrogen-bond donors (Lipinski definition) is 2. The van der Waals surface area contributed by atoms with Crippen LogP contribution in [0, 0.1) is 5.92 Å². The average Bonchev–Trinajstić information content (AvgIpc) is 3.41. The third-order valence-electron chi connectivity index (χ3n) is 4.38. The highest BCUT2D eigenvalue weighted by atomic mass is 127. The van der Waals surface area contributed by atoms with Crippen LogP contribution in [0.5, 0.6) is 5.88 Å². The standard InChI is InChI=1S/C19H29N7O.HI/c1-3-17-25-24-14-26(17)10-9-22-19(20-4-2)23-12-16-7-8-21-18(11-16)27-13-15-5-6-15;/h7-8,11,14-15H,3-6,9-10,12-13H2,1-2H3,(H2,20,22,23);1H.